The summed E-state index contributed by atoms with van der Waals surface area (Å²) in [6.45, 7) is 2.29. The van der Waals surface area contributed by atoms with Gasteiger partial charge in [-0.1, -0.05) is 48.5 Å². The molecule has 6 heteroatoms. The first-order chi connectivity index (χ1) is 16.2. The third-order valence-electron chi connectivity index (χ3n) is 6.90. The number of ketones is 1. The standard InChI is InChI=1S/C28H28O5S/c1-19-3-4-21(15-24(19)22-7-5-20(6-8-22)11-14-34(2,30)31)16-27(29)28(12-13-28)23-9-10-25-26(17-23)33-18-32-25/h3-10,15,17H,11-14,16,18H2,1-2H3. The van der Waals surface area contributed by atoms with Gasteiger partial charge in [-0.15, -0.1) is 0 Å². The average Bonchev–Trinajstić information content (AvgIpc) is 3.50. The van der Waals surface area contributed by atoms with E-state index in [1.54, 1.807) is 0 Å². The number of sulfone groups is 1. The smallest absolute Gasteiger partial charge is 0.231 e. The van der Waals surface area contributed by atoms with Crippen molar-refractivity contribution in [2.75, 3.05) is 18.8 Å². The van der Waals surface area contributed by atoms with Crippen molar-refractivity contribution in [2.24, 2.45) is 0 Å². The lowest BCUT2D eigenvalue weighted by Gasteiger charge is -2.16. The number of aryl methyl sites for hydroxylation is 2. The highest BCUT2D eigenvalue weighted by molar-refractivity contribution is 7.90. The van der Waals surface area contributed by atoms with E-state index in [0.717, 1.165) is 52.0 Å². The van der Waals surface area contributed by atoms with Crippen LogP contribution in [0.3, 0.4) is 0 Å². The molecule has 0 atom stereocenters. The van der Waals surface area contributed by atoms with Crippen molar-refractivity contribution in [3.8, 4) is 22.6 Å². The summed E-state index contributed by atoms with van der Waals surface area (Å²) in [6.07, 6.45) is 3.87. The van der Waals surface area contributed by atoms with Gasteiger partial charge >= 0.3 is 0 Å². The maximum Gasteiger partial charge on any atom is 0.231 e. The van der Waals surface area contributed by atoms with Crippen LogP contribution in [0.1, 0.15) is 35.1 Å². The van der Waals surface area contributed by atoms with E-state index in [2.05, 4.69) is 19.1 Å². The normalized spacial score (nSPS) is 15.8. The number of ether oxygens (including phenoxy) is 2. The third-order valence-corrected chi connectivity index (χ3v) is 7.85. The Hall–Kier alpha value is -3.12. The topological polar surface area (TPSA) is 69.7 Å². The van der Waals surface area contributed by atoms with Crippen molar-refractivity contribution in [3.63, 3.8) is 0 Å². The lowest BCUT2D eigenvalue weighted by atomic mass is 9.87. The van der Waals surface area contributed by atoms with Crippen molar-refractivity contribution in [3.05, 3.63) is 82.9 Å². The molecule has 1 fully saturated rings. The molecule has 0 amide bonds. The van der Waals surface area contributed by atoms with Crippen molar-refractivity contribution < 1.29 is 22.7 Å². The number of hydrogen-bond donors (Lipinski definition) is 0. The van der Waals surface area contributed by atoms with Gasteiger partial charge in [-0.25, -0.2) is 8.42 Å². The second-order valence-corrected chi connectivity index (χ2v) is 11.7. The predicted molar refractivity (Wildman–Crippen MR) is 132 cm³/mol. The van der Waals surface area contributed by atoms with E-state index in [9.17, 15) is 13.2 Å². The average molecular weight is 477 g/mol. The number of carbonyl (C=O) groups excluding carboxylic acids is 1. The molecule has 3 aromatic rings. The summed E-state index contributed by atoms with van der Waals surface area (Å²) in [4.78, 5) is 13.4. The van der Waals surface area contributed by atoms with E-state index >= 15 is 0 Å². The number of carbonyl (C=O) groups is 1. The summed E-state index contributed by atoms with van der Waals surface area (Å²) in [5.41, 5.74) is 5.87. The van der Waals surface area contributed by atoms with Crippen LogP contribution in [0.2, 0.25) is 0 Å². The molecule has 1 aliphatic carbocycles. The monoisotopic (exact) mass is 476 g/mol. The van der Waals surface area contributed by atoms with Gasteiger partial charge in [0.05, 0.1) is 11.2 Å². The summed E-state index contributed by atoms with van der Waals surface area (Å²) in [7, 11) is -2.98. The Bertz CT molecular complexity index is 1350. The first-order valence-corrected chi connectivity index (χ1v) is 13.6. The van der Waals surface area contributed by atoms with Gasteiger partial charge in [0.25, 0.3) is 0 Å². The van der Waals surface area contributed by atoms with Crippen LogP contribution in [-0.2, 0) is 32.9 Å². The highest BCUT2D eigenvalue weighted by Crippen LogP contribution is 2.51. The van der Waals surface area contributed by atoms with Crippen LogP contribution in [0.5, 0.6) is 11.5 Å². The molecule has 0 aromatic heterocycles. The first-order valence-electron chi connectivity index (χ1n) is 11.5. The molecule has 0 radical (unpaired) electrons. The zero-order valence-electron chi connectivity index (χ0n) is 19.5. The lowest BCUT2D eigenvalue weighted by Crippen LogP contribution is -2.22. The fourth-order valence-electron chi connectivity index (χ4n) is 4.65. The molecule has 0 N–H and O–H groups in total. The van der Waals surface area contributed by atoms with Crippen molar-refractivity contribution in [1.29, 1.82) is 0 Å². The van der Waals surface area contributed by atoms with Crippen LogP contribution in [0.25, 0.3) is 11.1 Å². The Balaban J connectivity index is 1.33. The van der Waals surface area contributed by atoms with Crippen LogP contribution in [0.4, 0.5) is 0 Å². The van der Waals surface area contributed by atoms with Gasteiger partial charge in [0.1, 0.15) is 15.6 Å². The maximum atomic E-state index is 13.4. The molecule has 0 bridgehead atoms. The Morgan fingerprint density at radius 1 is 0.912 bits per heavy atom. The van der Waals surface area contributed by atoms with E-state index in [4.69, 9.17) is 9.47 Å². The Morgan fingerprint density at radius 2 is 1.62 bits per heavy atom. The Kier molecular flexibility index (Phi) is 5.72. The van der Waals surface area contributed by atoms with Gasteiger partial charge in [0.2, 0.25) is 6.79 Å². The molecule has 1 saturated carbocycles. The van der Waals surface area contributed by atoms with E-state index < -0.39 is 15.3 Å². The molecule has 5 rings (SSSR count). The van der Waals surface area contributed by atoms with Gasteiger partial charge in [0, 0.05) is 12.7 Å². The minimum absolute atomic E-state index is 0.147. The third kappa shape index (κ3) is 4.60. The molecule has 1 aliphatic heterocycles. The summed E-state index contributed by atoms with van der Waals surface area (Å²) in [5, 5.41) is 0. The number of benzene rings is 3. The van der Waals surface area contributed by atoms with Crippen LogP contribution >= 0.6 is 0 Å². The molecule has 1 heterocycles. The van der Waals surface area contributed by atoms with Gasteiger partial charge in [0.15, 0.2) is 11.5 Å². The SMILES string of the molecule is Cc1ccc(CC(=O)C2(c3ccc4c(c3)OCO4)CC2)cc1-c1ccc(CCS(C)(=O)=O)cc1. The van der Waals surface area contributed by atoms with Gasteiger partial charge in [-0.2, -0.15) is 0 Å². The number of hydrogen-bond acceptors (Lipinski definition) is 5. The summed E-state index contributed by atoms with van der Waals surface area (Å²) >= 11 is 0. The molecule has 3 aromatic carbocycles. The Labute approximate surface area is 200 Å². The van der Waals surface area contributed by atoms with E-state index in [1.165, 1.54) is 6.26 Å². The van der Waals surface area contributed by atoms with Crippen molar-refractivity contribution in [1.82, 2.24) is 0 Å². The number of fused-ring (bicyclic) bond motifs is 1. The largest absolute Gasteiger partial charge is 0.454 e. The molecule has 0 spiro atoms. The number of rotatable bonds is 8. The fourth-order valence-corrected chi connectivity index (χ4v) is 5.25. The molecular weight excluding hydrogens is 448 g/mol. The minimum Gasteiger partial charge on any atom is -0.454 e. The molecule has 2 aliphatic rings. The molecule has 34 heavy (non-hydrogen) atoms. The zero-order chi connectivity index (χ0) is 23.9. The highest BCUT2D eigenvalue weighted by atomic mass is 32.2. The molecule has 5 nitrogen and oxygen atoms in total. The van der Waals surface area contributed by atoms with Gasteiger partial charge in [-0.05, 0) is 71.7 Å². The predicted octanol–water partition coefficient (Wildman–Crippen LogP) is 4.82. The van der Waals surface area contributed by atoms with Crippen molar-refractivity contribution in [2.45, 2.75) is 38.0 Å². The quantitative estimate of drug-likeness (QED) is 0.466. The summed E-state index contributed by atoms with van der Waals surface area (Å²) in [5.74, 6) is 1.83. The molecule has 0 unspecified atom stereocenters. The second-order valence-electron chi connectivity index (χ2n) is 9.48. The summed E-state index contributed by atoms with van der Waals surface area (Å²) < 4.78 is 33.8. The maximum absolute atomic E-state index is 13.4. The fraction of sp³-hybridized carbons (Fsp3) is 0.321. The van der Waals surface area contributed by atoms with Crippen LogP contribution < -0.4 is 9.47 Å². The van der Waals surface area contributed by atoms with Gasteiger partial charge < -0.3 is 9.47 Å². The second kappa shape index (κ2) is 8.58. The highest BCUT2D eigenvalue weighted by Gasteiger charge is 2.50. The van der Waals surface area contributed by atoms with E-state index in [-0.39, 0.29) is 18.3 Å². The minimum atomic E-state index is -2.98. The molecule has 176 valence electrons. The molecular formula is C28H28O5S. The zero-order valence-corrected chi connectivity index (χ0v) is 20.3. The number of Topliss-reactive ketones (excluding diaryl/α,β-unsaturated/α-hetero) is 1. The van der Waals surface area contributed by atoms with E-state index in [0.29, 0.717) is 18.6 Å². The molecule has 0 saturated heterocycles. The Morgan fingerprint density at radius 3 is 2.32 bits per heavy atom. The summed E-state index contributed by atoms with van der Waals surface area (Å²) in [6, 6.07) is 20.1. The van der Waals surface area contributed by atoms with Gasteiger partial charge in [-0.3, -0.25) is 4.79 Å². The van der Waals surface area contributed by atoms with Crippen LogP contribution in [0, 0.1) is 6.92 Å². The van der Waals surface area contributed by atoms with Crippen LogP contribution in [-0.4, -0.2) is 33.0 Å². The van der Waals surface area contributed by atoms with Crippen molar-refractivity contribution >= 4 is 15.6 Å². The van der Waals surface area contributed by atoms with E-state index in [1.807, 2.05) is 48.5 Å². The van der Waals surface area contributed by atoms with Crippen LogP contribution in [0.15, 0.2) is 60.7 Å². The lowest BCUT2D eigenvalue weighted by molar-refractivity contribution is -0.120. The first kappa shape index (κ1) is 22.7.